The third kappa shape index (κ3) is 2.91. The van der Waals surface area contributed by atoms with E-state index in [1.807, 2.05) is 0 Å². The highest BCUT2D eigenvalue weighted by Crippen LogP contribution is 2.47. The molecule has 1 aromatic heterocycles. The molecule has 0 saturated heterocycles. The predicted octanol–water partition coefficient (Wildman–Crippen LogP) is 2.04. The average Bonchev–Trinajstić information content (AvgIpc) is 2.86. The largest absolute Gasteiger partial charge is 0.417 e. The van der Waals surface area contributed by atoms with Crippen LogP contribution in [-0.4, -0.2) is 29.1 Å². The van der Waals surface area contributed by atoms with E-state index in [2.05, 4.69) is 17.2 Å². The minimum absolute atomic E-state index is 0.0795. The highest BCUT2D eigenvalue weighted by Gasteiger charge is 2.41. The fraction of sp³-hybridized carbons (Fsp3) is 0.529. The molecule has 124 valence electrons. The quantitative estimate of drug-likeness (QED) is 0.759. The van der Waals surface area contributed by atoms with Crippen LogP contribution in [0.1, 0.15) is 43.0 Å². The van der Waals surface area contributed by atoms with Gasteiger partial charge in [-0.2, -0.15) is 0 Å². The Kier molecular flexibility index (Phi) is 4.26. The smallest absolute Gasteiger partial charge is 0.408 e. The Morgan fingerprint density at radius 1 is 1.48 bits per heavy atom. The van der Waals surface area contributed by atoms with Gasteiger partial charge in [0.25, 0.3) is 5.91 Å². The van der Waals surface area contributed by atoms with Gasteiger partial charge in [-0.15, -0.1) is 0 Å². The molecule has 6 nitrogen and oxygen atoms in total. The van der Waals surface area contributed by atoms with Crippen LogP contribution < -0.4 is 11.1 Å². The van der Waals surface area contributed by atoms with Crippen molar-refractivity contribution in [3.05, 3.63) is 34.3 Å². The molecule has 23 heavy (non-hydrogen) atoms. The van der Waals surface area contributed by atoms with E-state index < -0.39 is 5.76 Å². The maximum atomic E-state index is 12.5. The van der Waals surface area contributed by atoms with Crippen LogP contribution >= 0.6 is 0 Å². The Balaban J connectivity index is 1.75. The van der Waals surface area contributed by atoms with Crippen molar-refractivity contribution in [3.63, 3.8) is 0 Å². The minimum Gasteiger partial charge on any atom is -0.408 e. The summed E-state index contributed by atoms with van der Waals surface area (Å²) in [7, 11) is 0. The van der Waals surface area contributed by atoms with Crippen LogP contribution in [0, 0.1) is 11.3 Å². The zero-order valence-electron chi connectivity index (χ0n) is 13.2. The van der Waals surface area contributed by atoms with E-state index in [0.717, 1.165) is 25.7 Å². The number of amides is 1. The second kappa shape index (κ2) is 6.20. The summed E-state index contributed by atoms with van der Waals surface area (Å²) in [6.45, 7) is 2.90. The summed E-state index contributed by atoms with van der Waals surface area (Å²) in [6, 6.07) is 5.02. The van der Waals surface area contributed by atoms with Gasteiger partial charge in [-0.25, -0.2) is 4.79 Å². The fourth-order valence-electron chi connectivity index (χ4n) is 3.49. The number of benzene rings is 1. The van der Waals surface area contributed by atoms with Crippen LogP contribution in [-0.2, 0) is 0 Å². The third-order valence-electron chi connectivity index (χ3n) is 5.26. The molecule has 3 N–H and O–H groups in total. The molecule has 1 saturated carbocycles. The topological polar surface area (TPSA) is 95.3 Å². The molecule has 1 aliphatic carbocycles. The van der Waals surface area contributed by atoms with Gasteiger partial charge in [0, 0.05) is 13.2 Å². The normalized spacial score (nSPS) is 17.7. The van der Waals surface area contributed by atoms with Crippen LogP contribution in [0.25, 0.3) is 11.1 Å². The number of hydrogen-bond acceptors (Lipinski definition) is 4. The number of aliphatic hydroxyl groups excluding tert-OH is 1. The van der Waals surface area contributed by atoms with E-state index in [1.54, 1.807) is 18.2 Å². The number of rotatable bonds is 6. The lowest BCUT2D eigenvalue weighted by molar-refractivity contribution is 0.0411. The van der Waals surface area contributed by atoms with Gasteiger partial charge in [0.05, 0.1) is 11.1 Å². The molecule has 0 bridgehead atoms. The summed E-state index contributed by atoms with van der Waals surface area (Å²) in [6.07, 6.45) is 4.05. The van der Waals surface area contributed by atoms with Crippen molar-refractivity contribution in [2.45, 2.75) is 32.6 Å². The first-order chi connectivity index (χ1) is 11.1. The molecule has 0 spiro atoms. The van der Waals surface area contributed by atoms with Crippen LogP contribution in [0.3, 0.4) is 0 Å². The monoisotopic (exact) mass is 318 g/mol. The lowest BCUT2D eigenvalue weighted by Gasteiger charge is -2.47. The number of aromatic amines is 1. The molecule has 0 radical (unpaired) electrons. The summed E-state index contributed by atoms with van der Waals surface area (Å²) in [5, 5.41) is 12.2. The van der Waals surface area contributed by atoms with Crippen LogP contribution in [0.2, 0.25) is 0 Å². The van der Waals surface area contributed by atoms with Gasteiger partial charge in [0.2, 0.25) is 0 Å². The van der Waals surface area contributed by atoms with Crippen molar-refractivity contribution in [1.29, 1.82) is 0 Å². The molecule has 0 aliphatic heterocycles. The first-order valence-corrected chi connectivity index (χ1v) is 8.07. The van der Waals surface area contributed by atoms with Crippen molar-refractivity contribution in [2.75, 3.05) is 13.2 Å². The van der Waals surface area contributed by atoms with Crippen molar-refractivity contribution in [2.24, 2.45) is 11.3 Å². The number of oxazole rings is 1. The average molecular weight is 318 g/mol. The van der Waals surface area contributed by atoms with E-state index in [0.29, 0.717) is 29.1 Å². The Morgan fingerprint density at radius 3 is 2.91 bits per heavy atom. The summed E-state index contributed by atoms with van der Waals surface area (Å²) in [5.74, 6) is -0.409. The second-order valence-electron chi connectivity index (χ2n) is 6.51. The van der Waals surface area contributed by atoms with Gasteiger partial charge in [-0.05, 0) is 42.7 Å². The molecule has 6 heteroatoms. The highest BCUT2D eigenvalue weighted by molar-refractivity contribution is 6.04. The van der Waals surface area contributed by atoms with Crippen LogP contribution in [0.4, 0.5) is 0 Å². The summed E-state index contributed by atoms with van der Waals surface area (Å²) < 4.78 is 4.99. The molecule has 1 heterocycles. The number of carbonyl (C=O) groups is 1. The SMILES string of the molecule is C[C@@H](CCO)C1(CNC(=O)c2cccc3oc(=O)[nH]c23)CCC1. The zero-order chi connectivity index (χ0) is 16.4. The number of aliphatic hydroxyl groups is 1. The number of hydrogen-bond donors (Lipinski definition) is 3. The minimum atomic E-state index is -0.563. The predicted molar refractivity (Wildman–Crippen MR) is 86.3 cm³/mol. The van der Waals surface area contributed by atoms with E-state index in [1.165, 1.54) is 0 Å². The van der Waals surface area contributed by atoms with Gasteiger partial charge in [-0.3, -0.25) is 9.78 Å². The van der Waals surface area contributed by atoms with Gasteiger partial charge in [0.15, 0.2) is 5.58 Å². The molecule has 2 aromatic rings. The van der Waals surface area contributed by atoms with Gasteiger partial charge < -0.3 is 14.8 Å². The molecular weight excluding hydrogens is 296 g/mol. The molecule has 1 atom stereocenters. The van der Waals surface area contributed by atoms with Gasteiger partial charge >= 0.3 is 5.76 Å². The van der Waals surface area contributed by atoms with Crippen molar-refractivity contribution in [1.82, 2.24) is 10.3 Å². The molecule has 3 rings (SSSR count). The Morgan fingerprint density at radius 2 is 2.26 bits per heavy atom. The molecule has 1 aromatic carbocycles. The Labute approximate surface area is 133 Å². The first kappa shape index (κ1) is 15.8. The summed E-state index contributed by atoms with van der Waals surface area (Å²) in [4.78, 5) is 26.4. The number of aromatic nitrogens is 1. The van der Waals surface area contributed by atoms with Crippen molar-refractivity contribution in [3.8, 4) is 0 Å². The lowest BCUT2D eigenvalue weighted by atomic mass is 9.60. The standard InChI is InChI=1S/C17H22N2O4/c1-11(6-9-20)17(7-3-8-17)10-18-15(21)12-4-2-5-13-14(12)19-16(22)23-13/h2,4-5,11,20H,3,6-10H2,1H3,(H,18,21)(H,19,22)/t11-/m0/s1. The molecule has 0 unspecified atom stereocenters. The molecule has 1 aliphatic rings. The zero-order valence-corrected chi connectivity index (χ0v) is 13.2. The number of fused-ring (bicyclic) bond motifs is 1. The molecule has 1 amide bonds. The van der Waals surface area contributed by atoms with E-state index in [-0.39, 0.29) is 17.9 Å². The molecular formula is C17H22N2O4. The third-order valence-corrected chi connectivity index (χ3v) is 5.26. The van der Waals surface area contributed by atoms with Crippen LogP contribution in [0.5, 0.6) is 0 Å². The number of nitrogens with one attached hydrogen (secondary N) is 2. The van der Waals surface area contributed by atoms with Gasteiger partial charge in [0.1, 0.15) is 0 Å². The van der Waals surface area contributed by atoms with Crippen molar-refractivity contribution < 1.29 is 14.3 Å². The summed E-state index contributed by atoms with van der Waals surface area (Å²) in [5.41, 5.74) is 1.31. The number of para-hydroxylation sites is 1. The first-order valence-electron chi connectivity index (χ1n) is 8.07. The fourth-order valence-corrected chi connectivity index (χ4v) is 3.49. The second-order valence-corrected chi connectivity index (χ2v) is 6.51. The van der Waals surface area contributed by atoms with Crippen LogP contribution in [0.15, 0.2) is 27.4 Å². The number of carbonyl (C=O) groups excluding carboxylic acids is 1. The Bertz CT molecular complexity index is 757. The maximum Gasteiger partial charge on any atom is 0.417 e. The van der Waals surface area contributed by atoms with Gasteiger partial charge in [-0.1, -0.05) is 19.4 Å². The van der Waals surface area contributed by atoms with E-state index >= 15 is 0 Å². The van der Waals surface area contributed by atoms with Crippen molar-refractivity contribution >= 4 is 17.0 Å². The van der Waals surface area contributed by atoms with E-state index in [4.69, 9.17) is 9.52 Å². The number of H-pyrrole nitrogens is 1. The highest BCUT2D eigenvalue weighted by atomic mass is 16.4. The summed E-state index contributed by atoms with van der Waals surface area (Å²) >= 11 is 0. The molecule has 1 fully saturated rings. The lowest BCUT2D eigenvalue weighted by Crippen LogP contribution is -2.46. The van der Waals surface area contributed by atoms with E-state index in [9.17, 15) is 9.59 Å². The Hall–Kier alpha value is -2.08. The maximum absolute atomic E-state index is 12.5.